The zero-order chi connectivity index (χ0) is 17.7. The maximum Gasteiger partial charge on any atom is 0.338 e. The molecule has 2 aromatic rings. The van der Waals surface area contributed by atoms with Crippen molar-refractivity contribution in [1.29, 1.82) is 0 Å². The molecule has 0 atom stereocenters. The summed E-state index contributed by atoms with van der Waals surface area (Å²) >= 11 is 0. The summed E-state index contributed by atoms with van der Waals surface area (Å²) in [6, 6.07) is 10.9. The van der Waals surface area contributed by atoms with Crippen molar-refractivity contribution in [1.82, 2.24) is 4.72 Å². The van der Waals surface area contributed by atoms with E-state index in [9.17, 15) is 17.6 Å². The molecular weight excluding hydrogens is 333 g/mol. The first-order valence-electron chi connectivity index (χ1n) is 7.32. The molecule has 0 saturated carbocycles. The Bertz CT molecular complexity index is 799. The number of carbonyl (C=O) groups excluding carboxylic acids is 1. The molecule has 128 valence electrons. The number of esters is 1. The summed E-state index contributed by atoms with van der Waals surface area (Å²) in [6.45, 7) is 3.45. The summed E-state index contributed by atoms with van der Waals surface area (Å²) in [5, 5.41) is 0. The highest BCUT2D eigenvalue weighted by Crippen LogP contribution is 2.13. The molecule has 0 aliphatic rings. The Kier molecular flexibility index (Phi) is 5.69. The maximum atomic E-state index is 12.8. The summed E-state index contributed by atoms with van der Waals surface area (Å²) in [5.41, 5.74) is 0.894. The number of carbonyl (C=O) groups is 1. The summed E-state index contributed by atoms with van der Waals surface area (Å²) < 4.78 is 44.4. The predicted octanol–water partition coefficient (Wildman–Crippen LogP) is 2.87. The zero-order valence-electron chi connectivity index (χ0n) is 13.3. The van der Waals surface area contributed by atoms with E-state index < -0.39 is 16.0 Å². The van der Waals surface area contributed by atoms with Crippen LogP contribution in [0.25, 0.3) is 0 Å². The lowest BCUT2D eigenvalue weighted by Crippen LogP contribution is -2.30. The number of ether oxygens (including phenoxy) is 1. The molecule has 0 saturated heterocycles. The Morgan fingerprint density at radius 3 is 2.21 bits per heavy atom. The van der Waals surface area contributed by atoms with Crippen LogP contribution in [0.2, 0.25) is 0 Å². The fourth-order valence-corrected chi connectivity index (χ4v) is 3.21. The normalized spacial score (nSPS) is 11.5. The molecule has 24 heavy (non-hydrogen) atoms. The first kappa shape index (κ1) is 18.1. The van der Waals surface area contributed by atoms with E-state index in [0.717, 1.165) is 0 Å². The molecule has 0 amide bonds. The first-order valence-corrected chi connectivity index (χ1v) is 8.80. The topological polar surface area (TPSA) is 72.5 Å². The van der Waals surface area contributed by atoms with Crippen molar-refractivity contribution in [2.45, 2.75) is 31.4 Å². The third-order valence-electron chi connectivity index (χ3n) is 3.07. The van der Waals surface area contributed by atoms with Crippen LogP contribution in [0.1, 0.15) is 29.8 Å². The second kappa shape index (κ2) is 7.55. The van der Waals surface area contributed by atoms with Gasteiger partial charge in [-0.25, -0.2) is 22.3 Å². The largest absolute Gasteiger partial charge is 0.457 e. The number of halogens is 1. The highest BCUT2D eigenvalue weighted by molar-refractivity contribution is 7.89. The minimum absolute atomic E-state index is 0.00800. The maximum absolute atomic E-state index is 12.8. The molecule has 0 aromatic heterocycles. The van der Waals surface area contributed by atoms with Gasteiger partial charge in [-0.3, -0.25) is 0 Å². The predicted molar refractivity (Wildman–Crippen MR) is 87.4 cm³/mol. The van der Waals surface area contributed by atoms with Crippen LogP contribution in [0.15, 0.2) is 53.4 Å². The van der Waals surface area contributed by atoms with Gasteiger partial charge in [-0.2, -0.15) is 0 Å². The molecule has 0 aliphatic heterocycles. The molecule has 0 fully saturated rings. The van der Waals surface area contributed by atoms with Gasteiger partial charge in [-0.15, -0.1) is 0 Å². The van der Waals surface area contributed by atoms with Crippen LogP contribution in [0.3, 0.4) is 0 Å². The smallest absolute Gasteiger partial charge is 0.338 e. The van der Waals surface area contributed by atoms with E-state index in [1.165, 1.54) is 48.5 Å². The van der Waals surface area contributed by atoms with Gasteiger partial charge in [-0.05, 0) is 55.8 Å². The molecule has 0 bridgehead atoms. The second-order valence-electron chi connectivity index (χ2n) is 5.50. The Balaban J connectivity index is 2.02. The summed E-state index contributed by atoms with van der Waals surface area (Å²) in [6.07, 6.45) is 0. The average Bonchev–Trinajstić information content (AvgIpc) is 2.53. The van der Waals surface area contributed by atoms with Crippen LogP contribution in [0.5, 0.6) is 0 Å². The van der Waals surface area contributed by atoms with Gasteiger partial charge in [0.05, 0.1) is 10.5 Å². The zero-order valence-corrected chi connectivity index (χ0v) is 14.1. The van der Waals surface area contributed by atoms with Crippen LogP contribution in [-0.4, -0.2) is 20.4 Å². The van der Waals surface area contributed by atoms with E-state index in [1.807, 2.05) is 0 Å². The fraction of sp³-hybridized carbons (Fsp3) is 0.235. The van der Waals surface area contributed by atoms with E-state index in [0.29, 0.717) is 5.56 Å². The van der Waals surface area contributed by atoms with Crippen molar-refractivity contribution in [2.24, 2.45) is 0 Å². The quantitative estimate of drug-likeness (QED) is 0.812. The Labute approximate surface area is 140 Å². The second-order valence-corrected chi connectivity index (χ2v) is 7.22. The van der Waals surface area contributed by atoms with Crippen molar-refractivity contribution in [2.75, 3.05) is 0 Å². The lowest BCUT2D eigenvalue weighted by Gasteiger charge is -2.10. The van der Waals surface area contributed by atoms with Gasteiger partial charge >= 0.3 is 5.97 Å². The van der Waals surface area contributed by atoms with Crippen LogP contribution < -0.4 is 4.72 Å². The van der Waals surface area contributed by atoms with Gasteiger partial charge in [0.2, 0.25) is 10.0 Å². The molecule has 2 aromatic carbocycles. The summed E-state index contributed by atoms with van der Waals surface area (Å²) in [5.74, 6) is -0.947. The standard InChI is InChI=1S/C17H18FNO4S/c1-12(2)19-24(21,22)16-9-5-14(6-10-16)17(20)23-11-13-3-7-15(18)8-4-13/h3-10,12,19H,11H2,1-2H3. The minimum atomic E-state index is -3.60. The van der Waals surface area contributed by atoms with Gasteiger partial charge in [0.25, 0.3) is 0 Å². The molecule has 7 heteroatoms. The minimum Gasteiger partial charge on any atom is -0.457 e. The molecular formula is C17H18FNO4S. The number of hydrogen-bond donors (Lipinski definition) is 1. The monoisotopic (exact) mass is 351 g/mol. The van der Waals surface area contributed by atoms with E-state index in [4.69, 9.17) is 4.74 Å². The van der Waals surface area contributed by atoms with Crippen molar-refractivity contribution < 1.29 is 22.3 Å². The molecule has 5 nitrogen and oxygen atoms in total. The third kappa shape index (κ3) is 4.87. The molecule has 0 aliphatic carbocycles. The van der Waals surface area contributed by atoms with E-state index in [-0.39, 0.29) is 28.9 Å². The number of benzene rings is 2. The van der Waals surface area contributed by atoms with Crippen molar-refractivity contribution in [3.63, 3.8) is 0 Å². The number of nitrogens with one attached hydrogen (secondary N) is 1. The van der Waals surface area contributed by atoms with Gasteiger partial charge in [0.15, 0.2) is 0 Å². The third-order valence-corrected chi connectivity index (χ3v) is 4.75. The summed E-state index contributed by atoms with van der Waals surface area (Å²) in [4.78, 5) is 12.0. The highest BCUT2D eigenvalue weighted by Gasteiger charge is 2.16. The van der Waals surface area contributed by atoms with Crippen molar-refractivity contribution in [3.8, 4) is 0 Å². The number of sulfonamides is 1. The molecule has 1 N–H and O–H groups in total. The van der Waals surface area contributed by atoms with Gasteiger partial charge in [0.1, 0.15) is 12.4 Å². The van der Waals surface area contributed by atoms with Gasteiger partial charge < -0.3 is 4.74 Å². The Morgan fingerprint density at radius 1 is 1.08 bits per heavy atom. The van der Waals surface area contributed by atoms with E-state index in [1.54, 1.807) is 13.8 Å². The van der Waals surface area contributed by atoms with Gasteiger partial charge in [0, 0.05) is 6.04 Å². The van der Waals surface area contributed by atoms with Crippen molar-refractivity contribution in [3.05, 3.63) is 65.5 Å². The first-order chi connectivity index (χ1) is 11.3. The fourth-order valence-electron chi connectivity index (χ4n) is 1.96. The Morgan fingerprint density at radius 2 is 1.67 bits per heavy atom. The highest BCUT2D eigenvalue weighted by atomic mass is 32.2. The molecule has 0 heterocycles. The average molecular weight is 351 g/mol. The number of hydrogen-bond acceptors (Lipinski definition) is 4. The molecule has 0 unspecified atom stereocenters. The lowest BCUT2D eigenvalue weighted by molar-refractivity contribution is 0.0472. The molecule has 2 rings (SSSR count). The molecule has 0 spiro atoms. The number of rotatable bonds is 6. The van der Waals surface area contributed by atoms with Crippen LogP contribution in [0, 0.1) is 5.82 Å². The van der Waals surface area contributed by atoms with Crippen LogP contribution >= 0.6 is 0 Å². The van der Waals surface area contributed by atoms with Crippen LogP contribution in [0.4, 0.5) is 4.39 Å². The molecule has 0 radical (unpaired) electrons. The summed E-state index contributed by atoms with van der Waals surface area (Å²) in [7, 11) is -3.60. The Hall–Kier alpha value is -2.25. The van der Waals surface area contributed by atoms with E-state index in [2.05, 4.69) is 4.72 Å². The van der Waals surface area contributed by atoms with Crippen LogP contribution in [-0.2, 0) is 21.4 Å². The SMILES string of the molecule is CC(C)NS(=O)(=O)c1ccc(C(=O)OCc2ccc(F)cc2)cc1. The lowest BCUT2D eigenvalue weighted by atomic mass is 10.2. The van der Waals surface area contributed by atoms with E-state index >= 15 is 0 Å². The van der Waals surface area contributed by atoms with Gasteiger partial charge in [-0.1, -0.05) is 12.1 Å². The van der Waals surface area contributed by atoms with Crippen molar-refractivity contribution >= 4 is 16.0 Å².